The molecule has 0 spiro atoms. The van der Waals surface area contributed by atoms with Gasteiger partial charge in [-0.2, -0.15) is 0 Å². The Bertz CT molecular complexity index is 1140. The fourth-order valence-corrected chi connectivity index (χ4v) is 2.90. The lowest BCUT2D eigenvalue weighted by Crippen LogP contribution is -2.14. The lowest BCUT2D eigenvalue weighted by molar-refractivity contribution is 0.102. The predicted molar refractivity (Wildman–Crippen MR) is 108 cm³/mol. The third kappa shape index (κ3) is 3.81. The van der Waals surface area contributed by atoms with Gasteiger partial charge in [0.25, 0.3) is 5.91 Å². The topological polar surface area (TPSA) is 66.9 Å². The molecule has 0 aliphatic rings. The molecule has 2 heterocycles. The Morgan fingerprint density at radius 2 is 1.79 bits per heavy atom. The van der Waals surface area contributed by atoms with Crippen LogP contribution in [0.3, 0.4) is 0 Å². The SMILES string of the molecule is O=C(Nc1cccc2cccnc12)c1cc(NCc2ccccc2F)ccn1. The Labute approximate surface area is 161 Å². The lowest BCUT2D eigenvalue weighted by Gasteiger charge is -2.10. The van der Waals surface area contributed by atoms with Crippen molar-refractivity contribution in [3.63, 3.8) is 0 Å². The van der Waals surface area contributed by atoms with Gasteiger partial charge < -0.3 is 10.6 Å². The number of pyridine rings is 2. The van der Waals surface area contributed by atoms with Crippen LogP contribution in [-0.4, -0.2) is 15.9 Å². The fraction of sp³-hybridized carbons (Fsp3) is 0.0455. The molecule has 0 aliphatic heterocycles. The molecule has 0 atom stereocenters. The minimum absolute atomic E-state index is 0.256. The summed E-state index contributed by atoms with van der Waals surface area (Å²) < 4.78 is 13.7. The first-order valence-electron chi connectivity index (χ1n) is 8.79. The van der Waals surface area contributed by atoms with Crippen molar-refractivity contribution < 1.29 is 9.18 Å². The Hall–Kier alpha value is -3.80. The third-order valence-electron chi connectivity index (χ3n) is 4.31. The molecule has 1 amide bonds. The molecular weight excluding hydrogens is 355 g/mol. The molecule has 4 aromatic rings. The molecule has 5 nitrogen and oxygen atoms in total. The molecule has 0 radical (unpaired) electrons. The van der Waals surface area contributed by atoms with E-state index in [0.29, 0.717) is 29.0 Å². The van der Waals surface area contributed by atoms with Gasteiger partial charge in [0.15, 0.2) is 0 Å². The minimum atomic E-state index is -0.340. The first-order chi connectivity index (χ1) is 13.7. The summed E-state index contributed by atoms with van der Waals surface area (Å²) in [4.78, 5) is 21.1. The normalized spacial score (nSPS) is 10.6. The molecule has 0 unspecified atom stereocenters. The van der Waals surface area contributed by atoms with Crippen LogP contribution >= 0.6 is 0 Å². The van der Waals surface area contributed by atoms with E-state index in [1.54, 1.807) is 48.8 Å². The second kappa shape index (κ2) is 7.84. The second-order valence-corrected chi connectivity index (χ2v) is 6.21. The lowest BCUT2D eigenvalue weighted by atomic mass is 10.2. The van der Waals surface area contributed by atoms with E-state index in [0.717, 1.165) is 5.39 Å². The van der Waals surface area contributed by atoms with E-state index in [1.165, 1.54) is 6.07 Å². The van der Waals surface area contributed by atoms with Crippen LogP contribution in [0.15, 0.2) is 79.1 Å². The monoisotopic (exact) mass is 372 g/mol. The minimum Gasteiger partial charge on any atom is -0.381 e. The van der Waals surface area contributed by atoms with Gasteiger partial charge >= 0.3 is 0 Å². The predicted octanol–water partition coefficient (Wildman–Crippen LogP) is 4.63. The second-order valence-electron chi connectivity index (χ2n) is 6.21. The van der Waals surface area contributed by atoms with Gasteiger partial charge in [-0.25, -0.2) is 4.39 Å². The molecule has 2 N–H and O–H groups in total. The van der Waals surface area contributed by atoms with Gasteiger partial charge in [0.2, 0.25) is 0 Å². The molecular formula is C22H17FN4O. The van der Waals surface area contributed by atoms with Crippen LogP contribution in [0.1, 0.15) is 16.1 Å². The molecule has 0 saturated heterocycles. The zero-order chi connectivity index (χ0) is 19.3. The zero-order valence-electron chi connectivity index (χ0n) is 14.9. The molecule has 0 saturated carbocycles. The van der Waals surface area contributed by atoms with Gasteiger partial charge in [-0.3, -0.25) is 14.8 Å². The van der Waals surface area contributed by atoms with E-state index < -0.39 is 0 Å². The summed E-state index contributed by atoms with van der Waals surface area (Å²) in [5, 5.41) is 6.92. The zero-order valence-corrected chi connectivity index (χ0v) is 14.9. The first-order valence-corrected chi connectivity index (χ1v) is 8.79. The van der Waals surface area contributed by atoms with E-state index in [1.807, 2.05) is 24.3 Å². The van der Waals surface area contributed by atoms with Crippen molar-refractivity contribution in [1.82, 2.24) is 9.97 Å². The molecule has 0 aliphatic carbocycles. The molecule has 0 bridgehead atoms. The summed E-state index contributed by atoms with van der Waals surface area (Å²) in [6, 6.07) is 19.3. The average molecular weight is 372 g/mol. The van der Waals surface area contributed by atoms with Gasteiger partial charge in [0.1, 0.15) is 11.5 Å². The molecule has 6 heteroatoms. The smallest absolute Gasteiger partial charge is 0.274 e. The summed E-state index contributed by atoms with van der Waals surface area (Å²) in [7, 11) is 0. The van der Waals surface area contributed by atoms with Gasteiger partial charge in [-0.1, -0.05) is 36.4 Å². The van der Waals surface area contributed by atoms with Gasteiger partial charge in [-0.15, -0.1) is 0 Å². The van der Waals surface area contributed by atoms with Crippen LogP contribution in [-0.2, 0) is 6.54 Å². The number of carbonyl (C=O) groups is 1. The van der Waals surface area contributed by atoms with Gasteiger partial charge in [0, 0.05) is 35.6 Å². The van der Waals surface area contributed by atoms with Crippen molar-refractivity contribution in [2.45, 2.75) is 6.54 Å². The number of hydrogen-bond acceptors (Lipinski definition) is 4. The average Bonchev–Trinajstić information content (AvgIpc) is 2.74. The summed E-state index contributed by atoms with van der Waals surface area (Å²) in [5.74, 6) is -0.613. The Morgan fingerprint density at radius 3 is 2.68 bits per heavy atom. The Balaban J connectivity index is 1.50. The molecule has 28 heavy (non-hydrogen) atoms. The highest BCUT2D eigenvalue weighted by atomic mass is 19.1. The number of fused-ring (bicyclic) bond motifs is 1. The quantitative estimate of drug-likeness (QED) is 0.536. The van der Waals surface area contributed by atoms with Crippen LogP contribution < -0.4 is 10.6 Å². The number of amides is 1. The van der Waals surface area contributed by atoms with Crippen molar-refractivity contribution in [2.75, 3.05) is 10.6 Å². The maximum Gasteiger partial charge on any atom is 0.274 e. The summed E-state index contributed by atoms with van der Waals surface area (Å²) >= 11 is 0. The highest BCUT2D eigenvalue weighted by molar-refractivity contribution is 6.07. The fourth-order valence-electron chi connectivity index (χ4n) is 2.90. The van der Waals surface area contributed by atoms with Crippen LogP contribution in [0.5, 0.6) is 0 Å². The van der Waals surface area contributed by atoms with Crippen molar-refractivity contribution in [1.29, 1.82) is 0 Å². The number of rotatable bonds is 5. The molecule has 138 valence electrons. The van der Waals surface area contributed by atoms with Crippen molar-refractivity contribution >= 4 is 28.2 Å². The molecule has 2 aromatic carbocycles. The van der Waals surface area contributed by atoms with Gasteiger partial charge in [-0.05, 0) is 30.3 Å². The molecule has 0 fully saturated rings. The number of nitrogens with zero attached hydrogens (tertiary/aromatic N) is 2. The summed E-state index contributed by atoms with van der Waals surface area (Å²) in [5.41, 5.74) is 2.82. The number of hydrogen-bond donors (Lipinski definition) is 2. The number of para-hydroxylation sites is 1. The number of benzene rings is 2. The third-order valence-corrected chi connectivity index (χ3v) is 4.31. The number of anilines is 2. The maximum absolute atomic E-state index is 13.7. The van der Waals surface area contributed by atoms with E-state index in [-0.39, 0.29) is 17.4 Å². The van der Waals surface area contributed by atoms with Gasteiger partial charge in [0.05, 0.1) is 11.2 Å². The van der Waals surface area contributed by atoms with E-state index in [4.69, 9.17) is 0 Å². The van der Waals surface area contributed by atoms with Crippen LogP contribution in [0.2, 0.25) is 0 Å². The highest BCUT2D eigenvalue weighted by Gasteiger charge is 2.11. The van der Waals surface area contributed by atoms with Crippen LogP contribution in [0, 0.1) is 5.82 Å². The number of carbonyl (C=O) groups excluding carboxylic acids is 1. The Morgan fingerprint density at radius 1 is 0.929 bits per heavy atom. The van der Waals surface area contributed by atoms with Crippen molar-refractivity contribution in [3.05, 3.63) is 96.2 Å². The molecule has 4 rings (SSSR count). The van der Waals surface area contributed by atoms with E-state index in [9.17, 15) is 9.18 Å². The summed E-state index contributed by atoms with van der Waals surface area (Å²) in [6.07, 6.45) is 3.23. The number of aromatic nitrogens is 2. The van der Waals surface area contributed by atoms with Crippen LogP contribution in [0.4, 0.5) is 15.8 Å². The van der Waals surface area contributed by atoms with Crippen molar-refractivity contribution in [2.24, 2.45) is 0 Å². The Kier molecular flexibility index (Phi) is 4.93. The maximum atomic E-state index is 13.7. The summed E-state index contributed by atoms with van der Waals surface area (Å²) in [6.45, 7) is 0.311. The molecule has 2 aromatic heterocycles. The largest absolute Gasteiger partial charge is 0.381 e. The van der Waals surface area contributed by atoms with Crippen molar-refractivity contribution in [3.8, 4) is 0 Å². The highest BCUT2D eigenvalue weighted by Crippen LogP contribution is 2.21. The standard InChI is InChI=1S/C22H17FN4O/c23-18-8-2-1-5-16(18)14-26-17-10-12-24-20(13-17)22(28)27-19-9-3-6-15-7-4-11-25-21(15)19/h1-13H,14H2,(H,24,26)(H,27,28). The first kappa shape index (κ1) is 17.6. The number of halogens is 1. The van der Waals surface area contributed by atoms with E-state index >= 15 is 0 Å². The van der Waals surface area contributed by atoms with E-state index in [2.05, 4.69) is 20.6 Å². The number of nitrogens with one attached hydrogen (secondary N) is 2. The van der Waals surface area contributed by atoms with Crippen LogP contribution in [0.25, 0.3) is 10.9 Å².